The molecule has 1 atom stereocenters. The molecule has 0 bridgehead atoms. The normalized spacial score (nSPS) is 21.7. The predicted molar refractivity (Wildman–Crippen MR) is 99.5 cm³/mol. The summed E-state index contributed by atoms with van der Waals surface area (Å²) in [4.78, 5) is 4.59. The van der Waals surface area contributed by atoms with Crippen LogP contribution in [0.3, 0.4) is 0 Å². The highest BCUT2D eigenvalue weighted by molar-refractivity contribution is 5.95. The molecule has 0 amide bonds. The number of aliphatic imine (C=N–C) groups is 1. The number of aryl methyl sites for hydroxylation is 1. The number of guanidine groups is 1. The number of halogens is 1. The van der Waals surface area contributed by atoms with Gasteiger partial charge in [-0.2, -0.15) is 0 Å². The molecule has 3 aliphatic rings. The lowest BCUT2D eigenvalue weighted by Crippen LogP contribution is -2.50. The van der Waals surface area contributed by atoms with Crippen molar-refractivity contribution < 1.29 is 4.39 Å². The molecule has 0 saturated carbocycles. The summed E-state index contributed by atoms with van der Waals surface area (Å²) >= 11 is 0. The first-order valence-electron chi connectivity index (χ1n) is 8.51. The molecular weight excluding hydrogens is 315 g/mol. The van der Waals surface area contributed by atoms with Crippen molar-refractivity contribution in [3.8, 4) is 0 Å². The number of allylic oxidation sites excluding steroid dienone is 4. The molecule has 128 valence electrons. The van der Waals surface area contributed by atoms with Crippen LogP contribution in [-0.4, -0.2) is 35.1 Å². The molecule has 2 heterocycles. The van der Waals surface area contributed by atoms with Crippen LogP contribution in [0.25, 0.3) is 0 Å². The second-order valence-electron chi connectivity index (χ2n) is 6.44. The van der Waals surface area contributed by atoms with Crippen molar-refractivity contribution in [2.45, 2.75) is 19.9 Å². The van der Waals surface area contributed by atoms with E-state index in [9.17, 15) is 4.39 Å². The van der Waals surface area contributed by atoms with Crippen LogP contribution in [0.2, 0.25) is 0 Å². The summed E-state index contributed by atoms with van der Waals surface area (Å²) in [6.45, 7) is 5.60. The molecule has 1 unspecified atom stereocenters. The van der Waals surface area contributed by atoms with Gasteiger partial charge in [0.25, 0.3) is 0 Å². The Labute approximate surface area is 147 Å². The first kappa shape index (κ1) is 15.7. The SMILES string of the molecule is CC1=CC=CC2C1=CC=CN2N1CCN=C1Nc1cc(F)ccc1C. The summed E-state index contributed by atoms with van der Waals surface area (Å²) in [7, 11) is 0. The molecule has 1 N–H and O–H groups in total. The number of rotatable bonds is 2. The fraction of sp³-hybridized carbons (Fsp3) is 0.250. The summed E-state index contributed by atoms with van der Waals surface area (Å²) in [6.07, 6.45) is 12.7. The highest BCUT2D eigenvalue weighted by Gasteiger charge is 2.31. The van der Waals surface area contributed by atoms with Crippen LogP contribution in [0.4, 0.5) is 10.1 Å². The van der Waals surface area contributed by atoms with Crippen LogP contribution in [0, 0.1) is 12.7 Å². The van der Waals surface area contributed by atoms with Gasteiger partial charge in [0.15, 0.2) is 0 Å². The molecule has 0 aromatic heterocycles. The molecule has 0 spiro atoms. The van der Waals surface area contributed by atoms with Crippen LogP contribution < -0.4 is 5.32 Å². The lowest BCUT2D eigenvalue weighted by molar-refractivity contribution is 0.0983. The zero-order valence-electron chi connectivity index (χ0n) is 14.4. The summed E-state index contributed by atoms with van der Waals surface area (Å²) in [5.41, 5.74) is 4.30. The largest absolute Gasteiger partial charge is 0.324 e. The van der Waals surface area contributed by atoms with Crippen LogP contribution in [0.5, 0.6) is 0 Å². The van der Waals surface area contributed by atoms with Crippen molar-refractivity contribution in [2.75, 3.05) is 18.4 Å². The second kappa shape index (κ2) is 6.24. The van der Waals surface area contributed by atoms with Gasteiger partial charge in [0.1, 0.15) is 5.82 Å². The average molecular weight is 336 g/mol. The van der Waals surface area contributed by atoms with Crippen LogP contribution in [0.15, 0.2) is 70.9 Å². The molecule has 0 radical (unpaired) electrons. The van der Waals surface area contributed by atoms with Gasteiger partial charge in [-0.1, -0.05) is 30.4 Å². The van der Waals surface area contributed by atoms with Gasteiger partial charge in [-0.15, -0.1) is 0 Å². The van der Waals surface area contributed by atoms with Crippen LogP contribution in [-0.2, 0) is 0 Å². The maximum absolute atomic E-state index is 13.6. The molecule has 4 rings (SSSR count). The van der Waals surface area contributed by atoms with Gasteiger partial charge in [-0.05, 0) is 48.8 Å². The Bertz CT molecular complexity index is 847. The molecular formula is C20H21FN4. The van der Waals surface area contributed by atoms with Gasteiger partial charge in [-0.25, -0.2) is 9.38 Å². The summed E-state index contributed by atoms with van der Waals surface area (Å²) in [5, 5.41) is 7.62. The number of hydrazine groups is 1. The van der Waals surface area contributed by atoms with Gasteiger partial charge in [-0.3, -0.25) is 10.0 Å². The first-order valence-corrected chi connectivity index (χ1v) is 8.51. The van der Waals surface area contributed by atoms with Crippen molar-refractivity contribution >= 4 is 11.6 Å². The monoisotopic (exact) mass is 336 g/mol. The molecule has 5 heteroatoms. The number of fused-ring (bicyclic) bond motifs is 1. The quantitative estimate of drug-likeness (QED) is 0.892. The molecule has 1 aromatic rings. The minimum Gasteiger partial charge on any atom is -0.324 e. The lowest BCUT2D eigenvalue weighted by Gasteiger charge is -2.41. The Balaban J connectivity index is 1.59. The Morgan fingerprint density at radius 3 is 2.96 bits per heavy atom. The zero-order valence-corrected chi connectivity index (χ0v) is 14.4. The van der Waals surface area contributed by atoms with E-state index in [-0.39, 0.29) is 11.9 Å². The van der Waals surface area contributed by atoms with Gasteiger partial charge in [0.2, 0.25) is 5.96 Å². The molecule has 1 aromatic carbocycles. The minimum atomic E-state index is -0.252. The Morgan fingerprint density at radius 2 is 2.08 bits per heavy atom. The van der Waals surface area contributed by atoms with E-state index in [1.54, 1.807) is 6.07 Å². The summed E-state index contributed by atoms with van der Waals surface area (Å²) < 4.78 is 13.6. The maximum atomic E-state index is 13.6. The summed E-state index contributed by atoms with van der Waals surface area (Å²) in [5.74, 6) is 0.498. The van der Waals surface area contributed by atoms with E-state index in [0.717, 1.165) is 23.8 Å². The van der Waals surface area contributed by atoms with Gasteiger partial charge < -0.3 is 5.32 Å². The molecule has 2 aliphatic heterocycles. The molecule has 4 nitrogen and oxygen atoms in total. The highest BCUT2D eigenvalue weighted by Crippen LogP contribution is 2.29. The fourth-order valence-electron chi connectivity index (χ4n) is 3.37. The number of nitrogens with zero attached hydrogens (tertiary/aromatic N) is 3. The van der Waals surface area contributed by atoms with E-state index in [1.807, 2.05) is 6.92 Å². The van der Waals surface area contributed by atoms with Crippen molar-refractivity contribution in [3.05, 3.63) is 77.3 Å². The van der Waals surface area contributed by atoms with Crippen molar-refractivity contribution in [3.63, 3.8) is 0 Å². The second-order valence-corrected chi connectivity index (χ2v) is 6.44. The lowest BCUT2D eigenvalue weighted by atomic mass is 9.92. The smallest absolute Gasteiger partial charge is 0.217 e. The van der Waals surface area contributed by atoms with Crippen molar-refractivity contribution in [2.24, 2.45) is 4.99 Å². The number of hydrogen-bond donors (Lipinski definition) is 1. The van der Waals surface area contributed by atoms with E-state index < -0.39 is 0 Å². The zero-order chi connectivity index (χ0) is 17.4. The van der Waals surface area contributed by atoms with E-state index in [0.29, 0.717) is 6.54 Å². The standard InChI is InChI=1S/C20H21FN4/c1-14-5-3-7-19-17(14)6-4-11-24(19)25-12-10-22-20(25)23-18-13-16(21)9-8-15(18)2/h3-9,11,13,19H,10,12H2,1-2H3,(H,22,23). The van der Waals surface area contributed by atoms with E-state index in [2.05, 4.69) is 63.8 Å². The van der Waals surface area contributed by atoms with E-state index in [1.165, 1.54) is 23.3 Å². The van der Waals surface area contributed by atoms with Gasteiger partial charge in [0, 0.05) is 11.9 Å². The van der Waals surface area contributed by atoms with Gasteiger partial charge >= 0.3 is 0 Å². The highest BCUT2D eigenvalue weighted by atomic mass is 19.1. The number of nitrogens with one attached hydrogen (secondary N) is 1. The average Bonchev–Trinajstić information content (AvgIpc) is 3.06. The number of benzene rings is 1. The number of hydrogen-bond acceptors (Lipinski definition) is 4. The Kier molecular flexibility index (Phi) is 3.92. The third kappa shape index (κ3) is 2.86. The van der Waals surface area contributed by atoms with E-state index in [4.69, 9.17) is 0 Å². The van der Waals surface area contributed by atoms with Crippen molar-refractivity contribution in [1.29, 1.82) is 0 Å². The Hall–Kier alpha value is -2.82. The Morgan fingerprint density at radius 1 is 1.20 bits per heavy atom. The first-order chi connectivity index (χ1) is 12.1. The predicted octanol–water partition coefficient (Wildman–Crippen LogP) is 3.77. The topological polar surface area (TPSA) is 30.9 Å². The summed E-state index contributed by atoms with van der Waals surface area (Å²) in [6, 6.07) is 4.92. The van der Waals surface area contributed by atoms with Gasteiger partial charge in [0.05, 0.1) is 19.1 Å². The molecule has 25 heavy (non-hydrogen) atoms. The van der Waals surface area contributed by atoms with Crippen LogP contribution >= 0.6 is 0 Å². The third-order valence-corrected chi connectivity index (χ3v) is 4.76. The van der Waals surface area contributed by atoms with E-state index >= 15 is 0 Å². The van der Waals surface area contributed by atoms with Crippen LogP contribution in [0.1, 0.15) is 12.5 Å². The minimum absolute atomic E-state index is 0.161. The molecule has 1 aliphatic carbocycles. The maximum Gasteiger partial charge on any atom is 0.217 e. The number of anilines is 1. The fourth-order valence-corrected chi connectivity index (χ4v) is 3.37. The van der Waals surface area contributed by atoms with Crippen molar-refractivity contribution in [1.82, 2.24) is 10.0 Å². The third-order valence-electron chi connectivity index (χ3n) is 4.76. The molecule has 0 fully saturated rings. The molecule has 0 saturated heterocycles.